The first-order valence-electron chi connectivity index (χ1n) is 8.68. The Bertz CT molecular complexity index is 716. The lowest BCUT2D eigenvalue weighted by Gasteiger charge is -2.33. The van der Waals surface area contributed by atoms with Gasteiger partial charge in [-0.3, -0.25) is 9.10 Å². The van der Waals surface area contributed by atoms with E-state index in [0.717, 1.165) is 32.3 Å². The second kappa shape index (κ2) is 7.61. The summed E-state index contributed by atoms with van der Waals surface area (Å²) in [7, 11) is -3.48. The number of fused-ring (bicyclic) bond motifs is 1. The Morgan fingerprint density at radius 3 is 2.72 bits per heavy atom. The highest BCUT2D eigenvalue weighted by molar-refractivity contribution is 7.92. The first-order valence-corrected chi connectivity index (χ1v) is 10.5. The molecular weight excluding hydrogens is 342 g/mol. The summed E-state index contributed by atoms with van der Waals surface area (Å²) in [5.41, 5.74) is 0.475. The molecule has 138 valence electrons. The number of likely N-dealkylation sites (tertiary alicyclic amines) is 1. The molecule has 7 nitrogen and oxygen atoms in total. The smallest absolute Gasteiger partial charge is 0.263 e. The van der Waals surface area contributed by atoms with Gasteiger partial charge in [-0.1, -0.05) is 12.1 Å². The van der Waals surface area contributed by atoms with Crippen LogP contribution in [-0.2, 0) is 14.8 Å². The van der Waals surface area contributed by atoms with Crippen LogP contribution in [0, 0.1) is 0 Å². The van der Waals surface area contributed by atoms with Gasteiger partial charge in [-0.05, 0) is 51.0 Å². The number of hydrogen-bond donors (Lipinski definition) is 1. The van der Waals surface area contributed by atoms with Crippen LogP contribution >= 0.6 is 0 Å². The fraction of sp³-hybridized carbons (Fsp3) is 0.588. The highest BCUT2D eigenvalue weighted by Crippen LogP contribution is 2.34. The fourth-order valence-electron chi connectivity index (χ4n) is 3.29. The summed E-state index contributed by atoms with van der Waals surface area (Å²) < 4.78 is 31.1. The predicted octanol–water partition coefficient (Wildman–Crippen LogP) is 0.816. The van der Waals surface area contributed by atoms with Crippen molar-refractivity contribution in [2.24, 2.45) is 0 Å². The summed E-state index contributed by atoms with van der Waals surface area (Å²) in [4.78, 5) is 14.8. The number of anilines is 1. The molecule has 0 bridgehead atoms. The highest BCUT2D eigenvalue weighted by Gasteiger charge is 2.34. The normalized spacial score (nSPS) is 20.8. The minimum Gasteiger partial charge on any atom is -0.476 e. The van der Waals surface area contributed by atoms with Gasteiger partial charge in [0.05, 0.1) is 18.5 Å². The maximum atomic E-state index is 12.4. The standard InChI is InChI=1S/C17H25N3O4S/c1-25(22,23)20-13-16(24-15-8-3-2-7-14(15)20)17(21)18-9-6-12-19-10-4-5-11-19/h2-3,7-8,16H,4-6,9-13H2,1H3,(H,18,21)/t16-/m1/s1. The van der Waals surface area contributed by atoms with Crippen LogP contribution in [0.15, 0.2) is 24.3 Å². The molecule has 2 aliphatic rings. The van der Waals surface area contributed by atoms with Crippen LogP contribution in [0.4, 0.5) is 5.69 Å². The van der Waals surface area contributed by atoms with Crippen LogP contribution in [0.3, 0.4) is 0 Å². The molecule has 2 heterocycles. The van der Waals surface area contributed by atoms with E-state index in [1.54, 1.807) is 24.3 Å². The lowest BCUT2D eigenvalue weighted by Crippen LogP contribution is -2.50. The highest BCUT2D eigenvalue weighted by atomic mass is 32.2. The largest absolute Gasteiger partial charge is 0.476 e. The minimum atomic E-state index is -3.48. The van der Waals surface area contributed by atoms with Gasteiger partial charge >= 0.3 is 0 Å². The first kappa shape index (κ1) is 18.0. The van der Waals surface area contributed by atoms with Crippen molar-refractivity contribution in [2.45, 2.75) is 25.4 Å². The van der Waals surface area contributed by atoms with Crippen molar-refractivity contribution < 1.29 is 17.9 Å². The van der Waals surface area contributed by atoms with Crippen LogP contribution in [0.2, 0.25) is 0 Å². The van der Waals surface area contributed by atoms with Crippen molar-refractivity contribution in [3.63, 3.8) is 0 Å². The van der Waals surface area contributed by atoms with Crippen LogP contribution in [0.5, 0.6) is 5.75 Å². The van der Waals surface area contributed by atoms with E-state index in [1.165, 1.54) is 17.1 Å². The van der Waals surface area contributed by atoms with E-state index in [4.69, 9.17) is 4.74 Å². The molecule has 1 aromatic carbocycles. The van der Waals surface area contributed by atoms with E-state index < -0.39 is 16.1 Å². The molecule has 3 rings (SSSR count). The Balaban J connectivity index is 1.58. The molecule has 0 aliphatic carbocycles. The molecule has 1 atom stereocenters. The van der Waals surface area contributed by atoms with Gasteiger partial charge < -0.3 is 15.0 Å². The van der Waals surface area contributed by atoms with Crippen molar-refractivity contribution in [3.05, 3.63) is 24.3 Å². The predicted molar refractivity (Wildman–Crippen MR) is 96.3 cm³/mol. The Labute approximate surface area is 149 Å². The van der Waals surface area contributed by atoms with E-state index in [1.807, 2.05) is 0 Å². The lowest BCUT2D eigenvalue weighted by molar-refractivity contribution is -0.127. The number of hydrogen-bond acceptors (Lipinski definition) is 5. The van der Waals surface area contributed by atoms with Gasteiger partial charge in [-0.2, -0.15) is 0 Å². The van der Waals surface area contributed by atoms with Gasteiger partial charge in [0.15, 0.2) is 6.10 Å². The summed E-state index contributed by atoms with van der Waals surface area (Å²) in [5, 5.41) is 2.87. The number of sulfonamides is 1. The van der Waals surface area contributed by atoms with Crippen molar-refractivity contribution >= 4 is 21.6 Å². The molecule has 2 aliphatic heterocycles. The Kier molecular flexibility index (Phi) is 5.48. The summed E-state index contributed by atoms with van der Waals surface area (Å²) in [6, 6.07) is 6.87. The average Bonchev–Trinajstić information content (AvgIpc) is 3.10. The number of carbonyl (C=O) groups is 1. The lowest BCUT2D eigenvalue weighted by atomic mass is 10.2. The molecule has 1 N–H and O–H groups in total. The number of rotatable bonds is 6. The maximum absolute atomic E-state index is 12.4. The van der Waals surface area contributed by atoms with Crippen LogP contribution < -0.4 is 14.4 Å². The zero-order valence-corrected chi connectivity index (χ0v) is 15.3. The van der Waals surface area contributed by atoms with Gasteiger partial charge in [0.1, 0.15) is 5.75 Å². The number of amides is 1. The summed E-state index contributed by atoms with van der Waals surface area (Å²) >= 11 is 0. The van der Waals surface area contributed by atoms with Gasteiger partial charge in [0.25, 0.3) is 5.91 Å². The minimum absolute atomic E-state index is 0.00615. The second-order valence-electron chi connectivity index (χ2n) is 6.56. The quantitative estimate of drug-likeness (QED) is 0.753. The monoisotopic (exact) mass is 367 g/mol. The Morgan fingerprint density at radius 2 is 2.00 bits per heavy atom. The number of benzene rings is 1. The molecule has 1 fully saturated rings. The summed E-state index contributed by atoms with van der Waals surface area (Å²) in [6.45, 7) is 3.81. The fourth-order valence-corrected chi connectivity index (χ4v) is 4.20. The summed E-state index contributed by atoms with van der Waals surface area (Å²) in [5.74, 6) is 0.140. The molecule has 1 amide bonds. The van der Waals surface area contributed by atoms with Crippen LogP contribution in [-0.4, -0.2) is 64.3 Å². The molecule has 0 aromatic heterocycles. The van der Waals surface area contributed by atoms with E-state index in [2.05, 4.69) is 10.2 Å². The van der Waals surface area contributed by atoms with Crippen LogP contribution in [0.1, 0.15) is 19.3 Å². The SMILES string of the molecule is CS(=O)(=O)N1C[C@H](C(=O)NCCCN2CCCC2)Oc2ccccc21. The third-order valence-electron chi connectivity index (χ3n) is 4.58. The average molecular weight is 367 g/mol. The van der Waals surface area contributed by atoms with E-state index >= 15 is 0 Å². The maximum Gasteiger partial charge on any atom is 0.263 e. The van der Waals surface area contributed by atoms with E-state index in [0.29, 0.717) is 18.0 Å². The molecule has 0 spiro atoms. The molecule has 1 aromatic rings. The Hall–Kier alpha value is -1.80. The van der Waals surface area contributed by atoms with Gasteiger partial charge in [-0.25, -0.2) is 8.42 Å². The molecule has 0 radical (unpaired) electrons. The zero-order valence-electron chi connectivity index (χ0n) is 14.5. The molecule has 1 saturated heterocycles. The Morgan fingerprint density at radius 1 is 1.28 bits per heavy atom. The van der Waals surface area contributed by atoms with Crippen molar-refractivity contribution in [1.82, 2.24) is 10.2 Å². The molecule has 25 heavy (non-hydrogen) atoms. The molecule has 8 heteroatoms. The van der Waals surface area contributed by atoms with E-state index in [9.17, 15) is 13.2 Å². The number of nitrogens with zero attached hydrogens (tertiary/aromatic N) is 2. The summed E-state index contributed by atoms with van der Waals surface area (Å²) in [6.07, 6.45) is 3.69. The molecule has 0 saturated carbocycles. The number of ether oxygens (including phenoxy) is 1. The molecular formula is C17H25N3O4S. The van der Waals surface area contributed by atoms with Gasteiger partial charge in [0, 0.05) is 6.54 Å². The van der Waals surface area contributed by atoms with Gasteiger partial charge in [-0.15, -0.1) is 0 Å². The third kappa shape index (κ3) is 4.43. The first-order chi connectivity index (χ1) is 11.9. The van der Waals surface area contributed by atoms with Crippen molar-refractivity contribution in [2.75, 3.05) is 43.3 Å². The molecule has 0 unspecified atom stereocenters. The second-order valence-corrected chi connectivity index (χ2v) is 8.47. The number of para-hydroxylation sites is 2. The number of carbonyl (C=O) groups excluding carboxylic acids is 1. The topological polar surface area (TPSA) is 79.0 Å². The third-order valence-corrected chi connectivity index (χ3v) is 5.72. The van der Waals surface area contributed by atoms with Gasteiger partial charge in [0.2, 0.25) is 10.0 Å². The zero-order chi connectivity index (χ0) is 17.9. The van der Waals surface area contributed by atoms with Crippen LogP contribution in [0.25, 0.3) is 0 Å². The van der Waals surface area contributed by atoms with Crippen molar-refractivity contribution in [3.8, 4) is 5.75 Å². The number of nitrogens with one attached hydrogen (secondary N) is 1. The van der Waals surface area contributed by atoms with Crippen molar-refractivity contribution in [1.29, 1.82) is 0 Å². The van der Waals surface area contributed by atoms with E-state index in [-0.39, 0.29) is 12.5 Å².